The van der Waals surface area contributed by atoms with Gasteiger partial charge in [0.25, 0.3) is 0 Å². The Morgan fingerprint density at radius 3 is 1.12 bits per heavy atom. The first-order valence-electron chi connectivity index (χ1n) is 8.99. The molecule has 0 saturated heterocycles. The van der Waals surface area contributed by atoms with E-state index in [-0.39, 0.29) is 53.5 Å². The molecule has 0 saturated carbocycles. The maximum atomic E-state index is 10.3. The molecule has 0 fully saturated rings. The minimum absolute atomic E-state index is 0. The van der Waals surface area contributed by atoms with Gasteiger partial charge in [-0.15, -0.1) is 0 Å². The van der Waals surface area contributed by atoms with Gasteiger partial charge in [-0.2, -0.15) is 0 Å². The maximum Gasteiger partial charge on any atom is 2.00 e. The molecule has 0 spiro atoms. The molecule has 6 heteroatoms. The number of carboxylic acid groups (broad SMARTS) is 1. The summed E-state index contributed by atoms with van der Waals surface area (Å²) in [6, 6.07) is 0. The minimum Gasteiger partial charge on any atom is -2.00 e. The van der Waals surface area contributed by atoms with E-state index in [2.05, 4.69) is 6.92 Å². The van der Waals surface area contributed by atoms with Crippen molar-refractivity contribution < 1.29 is 40.3 Å². The molecule has 0 aliphatic rings. The van der Waals surface area contributed by atoms with E-state index in [1.54, 1.807) is 0 Å². The molecular formula is C18H36MgO4Zn. The van der Waals surface area contributed by atoms with Crippen LogP contribution in [0.25, 0.3) is 0 Å². The van der Waals surface area contributed by atoms with Crippen LogP contribution >= 0.6 is 0 Å². The average molecular weight is 406 g/mol. The van der Waals surface area contributed by atoms with E-state index in [1.165, 1.54) is 83.5 Å². The largest absolute Gasteiger partial charge is 2.00 e. The van der Waals surface area contributed by atoms with Crippen molar-refractivity contribution >= 4 is 29.0 Å². The Kier molecular flexibility index (Phi) is 47.1. The fourth-order valence-electron chi connectivity index (χ4n) is 2.65. The van der Waals surface area contributed by atoms with Gasteiger partial charge in [0.2, 0.25) is 0 Å². The van der Waals surface area contributed by atoms with Gasteiger partial charge in [0.1, 0.15) is 0 Å². The molecule has 0 aromatic carbocycles. The van der Waals surface area contributed by atoms with Crippen molar-refractivity contribution in [1.29, 1.82) is 0 Å². The second kappa shape index (κ2) is 31.5. The van der Waals surface area contributed by atoms with Gasteiger partial charge in [0.05, 0.1) is 0 Å². The van der Waals surface area contributed by atoms with E-state index < -0.39 is 5.97 Å². The first kappa shape index (κ1) is 35.8. The number of carboxylic acids is 1. The minimum atomic E-state index is -0.653. The normalized spacial score (nSPS) is 9.04. The van der Waals surface area contributed by atoms with Crippen molar-refractivity contribution in [3.05, 3.63) is 0 Å². The molecule has 0 atom stereocenters. The average Bonchev–Trinajstić information content (AvgIpc) is 2.43. The molecule has 136 valence electrons. The number of unbranched alkanes of at least 4 members (excludes halogenated alkanes) is 14. The molecule has 4 nitrogen and oxygen atoms in total. The summed E-state index contributed by atoms with van der Waals surface area (Å²) >= 11 is 0. The molecule has 0 rings (SSSR count). The first-order valence-corrected chi connectivity index (χ1v) is 8.99. The van der Waals surface area contributed by atoms with Crippen molar-refractivity contribution in [2.24, 2.45) is 0 Å². The summed E-state index contributed by atoms with van der Waals surface area (Å²) in [4.78, 5) is 10.3. The Hall–Kier alpha value is 0.780. The van der Waals surface area contributed by atoms with E-state index in [0.717, 1.165) is 12.8 Å². The second-order valence-corrected chi connectivity index (χ2v) is 6.09. The fourth-order valence-corrected chi connectivity index (χ4v) is 2.65. The number of aliphatic carboxylic acids is 1. The summed E-state index contributed by atoms with van der Waals surface area (Å²) < 4.78 is 0. The molecule has 0 amide bonds. The van der Waals surface area contributed by atoms with E-state index in [1.807, 2.05) is 0 Å². The summed E-state index contributed by atoms with van der Waals surface area (Å²) in [5.74, 6) is -0.653. The third kappa shape index (κ3) is 34.2. The maximum absolute atomic E-state index is 10.3. The van der Waals surface area contributed by atoms with Crippen LogP contribution < -0.4 is 0 Å². The van der Waals surface area contributed by atoms with Crippen LogP contribution in [-0.2, 0) is 35.2 Å². The van der Waals surface area contributed by atoms with Crippen LogP contribution in [0.2, 0.25) is 0 Å². The van der Waals surface area contributed by atoms with Gasteiger partial charge in [-0.3, -0.25) is 4.79 Å². The van der Waals surface area contributed by atoms with Gasteiger partial charge in [-0.05, 0) is 6.42 Å². The van der Waals surface area contributed by atoms with Gasteiger partial charge < -0.3 is 16.1 Å². The van der Waals surface area contributed by atoms with E-state index >= 15 is 0 Å². The standard InChI is InChI=1S/C18H36O2.Mg.2O.Zn/c1-2-3-4-5-6-7-8-9-10-11-12-13-14-15-16-17-18(19)20;;;;/h2-17H2,1H3,(H,19,20);;;;/q;+2;2*-2;+2. The van der Waals surface area contributed by atoms with Crippen molar-refractivity contribution in [1.82, 2.24) is 0 Å². The zero-order valence-electron chi connectivity index (χ0n) is 15.9. The molecule has 0 bridgehead atoms. The second-order valence-electron chi connectivity index (χ2n) is 6.09. The third-order valence-corrected chi connectivity index (χ3v) is 3.99. The van der Waals surface area contributed by atoms with Gasteiger partial charge in [0, 0.05) is 6.42 Å². The summed E-state index contributed by atoms with van der Waals surface area (Å²) in [6.45, 7) is 2.27. The number of rotatable bonds is 16. The molecule has 0 aromatic heterocycles. The number of hydrogen-bond acceptors (Lipinski definition) is 1. The predicted octanol–water partition coefficient (Wildman–Crippen LogP) is 5.71. The quantitative estimate of drug-likeness (QED) is 0.263. The molecule has 24 heavy (non-hydrogen) atoms. The molecule has 0 unspecified atom stereocenters. The number of hydrogen-bond donors (Lipinski definition) is 1. The summed E-state index contributed by atoms with van der Waals surface area (Å²) in [6.07, 6.45) is 20.2. The van der Waals surface area contributed by atoms with Gasteiger partial charge in [0.15, 0.2) is 0 Å². The Morgan fingerprint density at radius 1 is 0.625 bits per heavy atom. The monoisotopic (exact) mass is 404 g/mol. The third-order valence-electron chi connectivity index (χ3n) is 3.99. The molecule has 0 aliphatic carbocycles. The Bertz CT molecular complexity index is 219. The summed E-state index contributed by atoms with van der Waals surface area (Å²) in [5.41, 5.74) is 0. The van der Waals surface area contributed by atoms with Crippen LogP contribution in [-0.4, -0.2) is 34.1 Å². The SMILES string of the molecule is CCCCCCCCCCCCCCCCCC(=O)O.[Mg+2].[O-2].[O-2].[Zn+2]. The summed E-state index contributed by atoms with van der Waals surface area (Å²) in [7, 11) is 0. The molecule has 0 radical (unpaired) electrons. The molecule has 1 N–H and O–H groups in total. The van der Waals surface area contributed by atoms with Crippen LogP contribution in [0.15, 0.2) is 0 Å². The zero-order chi connectivity index (χ0) is 14.9. The van der Waals surface area contributed by atoms with E-state index in [4.69, 9.17) is 5.11 Å². The van der Waals surface area contributed by atoms with Gasteiger partial charge in [-0.1, -0.05) is 96.8 Å². The van der Waals surface area contributed by atoms with Crippen LogP contribution in [0.4, 0.5) is 0 Å². The van der Waals surface area contributed by atoms with Crippen LogP contribution in [0.1, 0.15) is 110 Å². The Morgan fingerprint density at radius 2 is 0.875 bits per heavy atom. The van der Waals surface area contributed by atoms with Crippen LogP contribution in [0, 0.1) is 0 Å². The smallest absolute Gasteiger partial charge is 2.00 e. The van der Waals surface area contributed by atoms with E-state index in [0.29, 0.717) is 6.42 Å². The van der Waals surface area contributed by atoms with Crippen molar-refractivity contribution in [3.63, 3.8) is 0 Å². The summed E-state index contributed by atoms with van der Waals surface area (Å²) in [5, 5.41) is 8.52. The number of carbonyl (C=O) groups is 1. The predicted molar refractivity (Wildman–Crippen MR) is 94.3 cm³/mol. The van der Waals surface area contributed by atoms with Crippen LogP contribution in [0.3, 0.4) is 0 Å². The van der Waals surface area contributed by atoms with Crippen molar-refractivity contribution in [3.8, 4) is 0 Å². The van der Waals surface area contributed by atoms with Gasteiger partial charge >= 0.3 is 48.5 Å². The van der Waals surface area contributed by atoms with Crippen molar-refractivity contribution in [2.45, 2.75) is 110 Å². The molecule has 0 heterocycles. The molecular weight excluding hydrogens is 370 g/mol. The zero-order valence-corrected chi connectivity index (χ0v) is 20.3. The Labute approximate surface area is 178 Å². The Balaban J connectivity index is -0.000000301. The van der Waals surface area contributed by atoms with E-state index in [9.17, 15) is 4.79 Å². The first-order chi connectivity index (χ1) is 9.77. The van der Waals surface area contributed by atoms with Crippen molar-refractivity contribution in [2.75, 3.05) is 0 Å². The molecule has 0 aliphatic heterocycles. The fraction of sp³-hybridized carbons (Fsp3) is 0.944. The topological polar surface area (TPSA) is 94.3 Å². The van der Waals surface area contributed by atoms with Gasteiger partial charge in [-0.25, -0.2) is 0 Å². The van der Waals surface area contributed by atoms with Crippen LogP contribution in [0.5, 0.6) is 0 Å². The molecule has 0 aromatic rings.